The van der Waals surface area contributed by atoms with Crippen LogP contribution in [-0.4, -0.2) is 27.3 Å². The first-order valence-electron chi connectivity index (χ1n) is 10.4. The van der Waals surface area contributed by atoms with E-state index in [-0.39, 0.29) is 23.8 Å². The Bertz CT molecular complexity index is 1040. The summed E-state index contributed by atoms with van der Waals surface area (Å²) in [6.07, 6.45) is 7.05. The molecule has 0 aliphatic heterocycles. The van der Waals surface area contributed by atoms with Crippen LogP contribution in [0, 0.1) is 11.8 Å². The molecule has 0 saturated heterocycles. The quantitative estimate of drug-likeness (QED) is 0.667. The molecule has 6 heteroatoms. The molecule has 0 bridgehead atoms. The molecule has 2 aliphatic carbocycles. The van der Waals surface area contributed by atoms with Gasteiger partial charge in [0, 0.05) is 18.4 Å². The van der Waals surface area contributed by atoms with E-state index in [2.05, 4.69) is 33.6 Å². The number of carbonyl (C=O) groups is 1. The zero-order valence-electron chi connectivity index (χ0n) is 16.8. The number of pyridine rings is 1. The van der Waals surface area contributed by atoms with Crippen LogP contribution in [0.4, 0.5) is 0 Å². The Kier molecular flexibility index (Phi) is 4.49. The first-order valence-corrected chi connectivity index (χ1v) is 10.4. The number of benzene rings is 1. The van der Waals surface area contributed by atoms with Gasteiger partial charge in [-0.2, -0.15) is 5.10 Å². The summed E-state index contributed by atoms with van der Waals surface area (Å²) in [5.74, 6) is 1.94. The van der Waals surface area contributed by atoms with Gasteiger partial charge < -0.3 is 10.1 Å². The van der Waals surface area contributed by atoms with Crippen molar-refractivity contribution in [2.75, 3.05) is 6.61 Å². The molecule has 1 N–H and O–H groups in total. The van der Waals surface area contributed by atoms with Gasteiger partial charge in [-0.3, -0.25) is 14.5 Å². The lowest BCUT2D eigenvalue weighted by Crippen LogP contribution is -2.28. The van der Waals surface area contributed by atoms with Crippen LogP contribution in [0.5, 0.6) is 5.75 Å². The molecule has 2 aromatic heterocycles. The molecule has 1 amide bonds. The van der Waals surface area contributed by atoms with Crippen molar-refractivity contribution < 1.29 is 9.53 Å². The van der Waals surface area contributed by atoms with Crippen LogP contribution in [0.1, 0.15) is 49.4 Å². The monoisotopic (exact) mass is 390 g/mol. The SMILES string of the molecule is C[C@@H](NC(=O)C1CC1c1ccc2cnn(C)c2c1)c1ccc(OCC2CC2)cn1. The molecular formula is C23H26N4O2. The van der Waals surface area contributed by atoms with Gasteiger partial charge in [-0.1, -0.05) is 12.1 Å². The number of aryl methyl sites for hydroxylation is 1. The van der Waals surface area contributed by atoms with Gasteiger partial charge in [0.25, 0.3) is 0 Å². The number of nitrogens with zero attached hydrogens (tertiary/aromatic N) is 3. The van der Waals surface area contributed by atoms with E-state index in [9.17, 15) is 4.79 Å². The van der Waals surface area contributed by atoms with Crippen molar-refractivity contribution in [2.45, 2.75) is 38.1 Å². The van der Waals surface area contributed by atoms with Crippen molar-refractivity contribution in [3.63, 3.8) is 0 Å². The summed E-state index contributed by atoms with van der Waals surface area (Å²) < 4.78 is 7.61. The van der Waals surface area contributed by atoms with E-state index < -0.39 is 0 Å². The van der Waals surface area contributed by atoms with Crippen LogP contribution in [0.25, 0.3) is 10.9 Å². The average Bonchev–Trinajstić information content (AvgIpc) is 3.65. The molecule has 0 spiro atoms. The Hall–Kier alpha value is -2.89. The van der Waals surface area contributed by atoms with Gasteiger partial charge in [0.15, 0.2) is 0 Å². The number of hydrogen-bond donors (Lipinski definition) is 1. The summed E-state index contributed by atoms with van der Waals surface area (Å²) in [5, 5.41) is 8.54. The summed E-state index contributed by atoms with van der Waals surface area (Å²) in [4.78, 5) is 17.2. The number of aromatic nitrogens is 3. The largest absolute Gasteiger partial charge is 0.492 e. The molecule has 29 heavy (non-hydrogen) atoms. The van der Waals surface area contributed by atoms with Crippen LogP contribution in [0.2, 0.25) is 0 Å². The Balaban J connectivity index is 1.18. The predicted octanol–water partition coefficient (Wildman–Crippen LogP) is 3.74. The van der Waals surface area contributed by atoms with E-state index >= 15 is 0 Å². The van der Waals surface area contributed by atoms with E-state index in [0.717, 1.165) is 41.3 Å². The number of carbonyl (C=O) groups excluding carboxylic acids is 1. The van der Waals surface area contributed by atoms with Gasteiger partial charge in [-0.15, -0.1) is 0 Å². The third-order valence-electron chi connectivity index (χ3n) is 6.07. The third kappa shape index (κ3) is 3.84. The molecule has 2 aliphatic rings. The smallest absolute Gasteiger partial charge is 0.224 e. The van der Waals surface area contributed by atoms with Crippen molar-refractivity contribution in [1.82, 2.24) is 20.1 Å². The van der Waals surface area contributed by atoms with Gasteiger partial charge in [0.2, 0.25) is 5.91 Å². The number of rotatable bonds is 7. The highest BCUT2D eigenvalue weighted by molar-refractivity contribution is 5.84. The summed E-state index contributed by atoms with van der Waals surface area (Å²) in [7, 11) is 1.94. The number of amides is 1. The van der Waals surface area contributed by atoms with Crippen molar-refractivity contribution >= 4 is 16.8 Å². The standard InChI is InChI=1S/C23H26N4O2/c1-14(21-8-7-18(12-24-21)29-13-15-3-4-15)26-23(28)20-10-19(20)16-5-6-17-11-25-27(2)22(17)9-16/h5-9,11-12,14-15,19-20H,3-4,10,13H2,1-2H3,(H,26,28)/t14-,19?,20?/m1/s1. The van der Waals surface area contributed by atoms with E-state index in [0.29, 0.717) is 0 Å². The van der Waals surface area contributed by atoms with Gasteiger partial charge in [0.05, 0.1) is 36.3 Å². The molecule has 150 valence electrons. The second-order valence-corrected chi connectivity index (χ2v) is 8.44. The van der Waals surface area contributed by atoms with Crippen LogP contribution in [0.3, 0.4) is 0 Å². The van der Waals surface area contributed by atoms with Gasteiger partial charge in [-0.25, -0.2) is 0 Å². The highest BCUT2D eigenvalue weighted by Crippen LogP contribution is 2.48. The molecule has 5 rings (SSSR count). The second-order valence-electron chi connectivity index (χ2n) is 8.44. The number of fused-ring (bicyclic) bond motifs is 1. The molecule has 2 unspecified atom stereocenters. The van der Waals surface area contributed by atoms with E-state index in [1.54, 1.807) is 6.20 Å². The minimum atomic E-state index is -0.124. The van der Waals surface area contributed by atoms with E-state index in [4.69, 9.17) is 4.74 Å². The maximum atomic E-state index is 12.7. The number of hydrogen-bond acceptors (Lipinski definition) is 4. The first-order chi connectivity index (χ1) is 14.1. The van der Waals surface area contributed by atoms with Crippen molar-refractivity contribution in [2.24, 2.45) is 18.9 Å². The molecular weight excluding hydrogens is 364 g/mol. The fourth-order valence-electron chi connectivity index (χ4n) is 3.87. The van der Waals surface area contributed by atoms with Gasteiger partial charge in [0.1, 0.15) is 5.75 Å². The molecule has 2 heterocycles. The fraction of sp³-hybridized carbons (Fsp3) is 0.435. The lowest BCUT2D eigenvalue weighted by Gasteiger charge is -2.14. The Morgan fingerprint density at radius 3 is 2.90 bits per heavy atom. The first kappa shape index (κ1) is 18.2. The minimum absolute atomic E-state index is 0.0317. The fourth-order valence-corrected chi connectivity index (χ4v) is 3.87. The summed E-state index contributed by atoms with van der Waals surface area (Å²) >= 11 is 0. The maximum Gasteiger partial charge on any atom is 0.224 e. The lowest BCUT2D eigenvalue weighted by atomic mass is 10.1. The van der Waals surface area contributed by atoms with Crippen molar-refractivity contribution in [1.29, 1.82) is 0 Å². The predicted molar refractivity (Wildman–Crippen MR) is 111 cm³/mol. The van der Waals surface area contributed by atoms with Crippen LogP contribution >= 0.6 is 0 Å². The summed E-state index contributed by atoms with van der Waals surface area (Å²) in [6.45, 7) is 2.75. The normalized spacial score (nSPS) is 21.7. The molecule has 0 radical (unpaired) electrons. The van der Waals surface area contributed by atoms with Gasteiger partial charge >= 0.3 is 0 Å². The minimum Gasteiger partial charge on any atom is -0.492 e. The molecule has 1 aromatic carbocycles. The number of nitrogens with one attached hydrogen (secondary N) is 1. The molecule has 3 aromatic rings. The molecule has 2 saturated carbocycles. The maximum absolute atomic E-state index is 12.7. The molecule has 6 nitrogen and oxygen atoms in total. The van der Waals surface area contributed by atoms with Gasteiger partial charge in [-0.05, 0) is 61.8 Å². The zero-order chi connectivity index (χ0) is 20.0. The number of ether oxygens (including phenoxy) is 1. The second kappa shape index (κ2) is 7.17. The molecule has 3 atom stereocenters. The van der Waals surface area contributed by atoms with Crippen LogP contribution in [-0.2, 0) is 11.8 Å². The summed E-state index contributed by atoms with van der Waals surface area (Å²) in [6, 6.07) is 10.1. The Labute approximate surface area is 170 Å². The summed E-state index contributed by atoms with van der Waals surface area (Å²) in [5.41, 5.74) is 3.17. The topological polar surface area (TPSA) is 69.0 Å². The van der Waals surface area contributed by atoms with E-state index in [1.165, 1.54) is 18.4 Å². The van der Waals surface area contributed by atoms with E-state index in [1.807, 2.05) is 37.0 Å². The van der Waals surface area contributed by atoms with Crippen molar-refractivity contribution in [3.05, 3.63) is 54.0 Å². The Morgan fingerprint density at radius 1 is 1.28 bits per heavy atom. The van der Waals surface area contributed by atoms with Crippen LogP contribution in [0.15, 0.2) is 42.7 Å². The highest BCUT2D eigenvalue weighted by Gasteiger charge is 2.44. The van der Waals surface area contributed by atoms with Crippen LogP contribution < -0.4 is 10.1 Å². The highest BCUT2D eigenvalue weighted by atomic mass is 16.5. The molecule has 2 fully saturated rings. The third-order valence-corrected chi connectivity index (χ3v) is 6.07. The van der Waals surface area contributed by atoms with Crippen molar-refractivity contribution in [3.8, 4) is 5.75 Å². The lowest BCUT2D eigenvalue weighted by molar-refractivity contribution is -0.123. The zero-order valence-corrected chi connectivity index (χ0v) is 16.8. The Morgan fingerprint density at radius 2 is 2.14 bits per heavy atom. The average molecular weight is 390 g/mol.